The first-order valence-electron chi connectivity index (χ1n) is 13.0. The minimum Gasteiger partial charge on any atom is -0.393 e. The molecule has 0 aliphatic heterocycles. The highest BCUT2D eigenvalue weighted by Crippen LogP contribution is 2.70. The van der Waals surface area contributed by atoms with Crippen molar-refractivity contribution in [2.75, 3.05) is 0 Å². The van der Waals surface area contributed by atoms with Gasteiger partial charge in [0, 0.05) is 0 Å². The van der Waals surface area contributed by atoms with Crippen LogP contribution >= 0.6 is 11.6 Å². The van der Waals surface area contributed by atoms with E-state index in [4.69, 9.17) is 11.6 Å². The van der Waals surface area contributed by atoms with E-state index in [2.05, 4.69) is 34.6 Å². The Morgan fingerprint density at radius 3 is 2.38 bits per heavy atom. The minimum absolute atomic E-state index is 0.151. The van der Waals surface area contributed by atoms with E-state index in [-0.39, 0.29) is 16.4 Å². The van der Waals surface area contributed by atoms with E-state index in [0.717, 1.165) is 61.2 Å². The smallest absolute Gasteiger partial charge is 0.0557 e. The first-order chi connectivity index (χ1) is 13.6. The van der Waals surface area contributed by atoms with Crippen LogP contribution in [-0.2, 0) is 0 Å². The van der Waals surface area contributed by atoms with E-state index in [1.54, 1.807) is 0 Å². The van der Waals surface area contributed by atoms with Crippen LogP contribution in [0.4, 0.5) is 0 Å². The molecule has 0 aromatic rings. The molecule has 0 bridgehead atoms. The first kappa shape index (κ1) is 22.4. The Bertz CT molecular complexity index is 589. The van der Waals surface area contributed by atoms with Gasteiger partial charge < -0.3 is 5.11 Å². The Kier molecular flexibility index (Phi) is 6.18. The predicted octanol–water partition coefficient (Wildman–Crippen LogP) is 7.83. The molecule has 1 N–H and O–H groups in total. The Labute approximate surface area is 185 Å². The van der Waals surface area contributed by atoms with Gasteiger partial charge in [-0.05, 0) is 104 Å². The van der Waals surface area contributed by atoms with Gasteiger partial charge in [0.25, 0.3) is 0 Å². The van der Waals surface area contributed by atoms with E-state index in [1.165, 1.54) is 51.4 Å². The third-order valence-electron chi connectivity index (χ3n) is 10.9. The molecular formula is C27H47ClO. The maximum atomic E-state index is 10.3. The van der Waals surface area contributed by atoms with Crippen molar-refractivity contribution in [1.82, 2.24) is 0 Å². The van der Waals surface area contributed by atoms with Gasteiger partial charge in [-0.15, -0.1) is 11.6 Å². The molecule has 2 unspecified atom stereocenters. The summed E-state index contributed by atoms with van der Waals surface area (Å²) in [4.78, 5) is -0.151. The van der Waals surface area contributed by atoms with Crippen molar-refractivity contribution in [2.24, 2.45) is 46.3 Å². The van der Waals surface area contributed by atoms with Crippen LogP contribution < -0.4 is 0 Å². The molecule has 0 spiro atoms. The maximum absolute atomic E-state index is 10.3. The fourth-order valence-electron chi connectivity index (χ4n) is 9.21. The third-order valence-corrected chi connectivity index (χ3v) is 11.7. The van der Waals surface area contributed by atoms with Crippen molar-refractivity contribution in [1.29, 1.82) is 0 Å². The molecule has 4 rings (SSSR count). The van der Waals surface area contributed by atoms with Gasteiger partial charge in [-0.3, -0.25) is 0 Å². The number of alkyl halides is 1. The molecular weight excluding hydrogens is 376 g/mol. The lowest BCUT2D eigenvalue weighted by Gasteiger charge is -2.64. The van der Waals surface area contributed by atoms with E-state index in [1.807, 2.05) is 0 Å². The van der Waals surface area contributed by atoms with Crippen molar-refractivity contribution in [3.05, 3.63) is 0 Å². The third kappa shape index (κ3) is 3.63. The summed E-state index contributed by atoms with van der Waals surface area (Å²) in [6, 6.07) is 0. The Morgan fingerprint density at radius 2 is 1.66 bits per heavy atom. The van der Waals surface area contributed by atoms with Gasteiger partial charge in [-0.25, -0.2) is 0 Å². The minimum atomic E-state index is -0.173. The molecule has 0 heterocycles. The summed E-state index contributed by atoms with van der Waals surface area (Å²) in [5.74, 6) is 5.25. The van der Waals surface area contributed by atoms with Crippen LogP contribution in [0.1, 0.15) is 112 Å². The molecule has 2 heteroatoms. The zero-order valence-corrected chi connectivity index (χ0v) is 20.6. The quantitative estimate of drug-likeness (QED) is 0.447. The number of fused-ring (bicyclic) bond motifs is 5. The maximum Gasteiger partial charge on any atom is 0.0557 e. The number of hydrogen-bond donors (Lipinski definition) is 1. The van der Waals surface area contributed by atoms with Crippen LogP contribution in [0.5, 0.6) is 0 Å². The van der Waals surface area contributed by atoms with E-state index in [9.17, 15) is 5.11 Å². The average molecular weight is 423 g/mol. The largest absolute Gasteiger partial charge is 0.393 e. The van der Waals surface area contributed by atoms with Gasteiger partial charge in [-0.2, -0.15) is 0 Å². The molecule has 4 aliphatic carbocycles. The average Bonchev–Trinajstić information content (AvgIpc) is 2.99. The molecule has 0 amide bonds. The molecule has 4 fully saturated rings. The van der Waals surface area contributed by atoms with Crippen molar-refractivity contribution in [3.8, 4) is 0 Å². The van der Waals surface area contributed by atoms with Crippen LogP contribution in [0.15, 0.2) is 0 Å². The lowest BCUT2D eigenvalue weighted by Crippen LogP contribution is -2.60. The molecule has 29 heavy (non-hydrogen) atoms. The molecule has 168 valence electrons. The molecule has 9 atom stereocenters. The Hall–Kier alpha value is 0.250. The Balaban J connectivity index is 1.49. The van der Waals surface area contributed by atoms with Gasteiger partial charge >= 0.3 is 0 Å². The summed E-state index contributed by atoms with van der Waals surface area (Å²) in [6.45, 7) is 12.5. The van der Waals surface area contributed by atoms with Gasteiger partial charge in [0.2, 0.25) is 0 Å². The summed E-state index contributed by atoms with van der Waals surface area (Å²) in [6.07, 6.45) is 15.2. The fourth-order valence-corrected chi connectivity index (χ4v) is 9.73. The van der Waals surface area contributed by atoms with Crippen molar-refractivity contribution >= 4 is 11.6 Å². The zero-order valence-electron chi connectivity index (χ0n) is 19.9. The summed E-state index contributed by atoms with van der Waals surface area (Å²) < 4.78 is 0. The van der Waals surface area contributed by atoms with Gasteiger partial charge in [-0.1, -0.05) is 53.9 Å². The van der Waals surface area contributed by atoms with Gasteiger partial charge in [0.05, 0.1) is 11.0 Å². The van der Waals surface area contributed by atoms with Crippen LogP contribution in [0.2, 0.25) is 0 Å². The second-order valence-electron chi connectivity index (χ2n) is 12.7. The zero-order chi connectivity index (χ0) is 21.0. The molecule has 0 aromatic heterocycles. The van der Waals surface area contributed by atoms with Crippen molar-refractivity contribution in [2.45, 2.75) is 123 Å². The second-order valence-corrected chi connectivity index (χ2v) is 13.4. The molecule has 4 aliphatic rings. The highest BCUT2D eigenvalue weighted by Gasteiger charge is 2.64. The highest BCUT2D eigenvalue weighted by atomic mass is 35.5. The molecule has 4 saturated carbocycles. The SMILES string of the molecule is CC(C)CCC[C@@H](C)[C@H]1CC[C@H]2[C@@H]3CCC4(Cl)CC(O)CC[C@]4(C)[C@H]3CC[C@]12C. The number of hydrogen-bond acceptors (Lipinski definition) is 1. The monoisotopic (exact) mass is 422 g/mol. The summed E-state index contributed by atoms with van der Waals surface area (Å²) >= 11 is 7.31. The number of halogens is 1. The molecule has 0 saturated heterocycles. The summed E-state index contributed by atoms with van der Waals surface area (Å²) in [5, 5.41) is 10.3. The Morgan fingerprint density at radius 1 is 0.897 bits per heavy atom. The number of rotatable bonds is 5. The van der Waals surface area contributed by atoms with E-state index >= 15 is 0 Å². The second kappa shape index (κ2) is 7.99. The summed E-state index contributed by atoms with van der Waals surface area (Å²) in [5.41, 5.74) is 0.800. The van der Waals surface area contributed by atoms with Crippen LogP contribution in [0.3, 0.4) is 0 Å². The van der Waals surface area contributed by atoms with Gasteiger partial charge in [0.1, 0.15) is 0 Å². The highest BCUT2D eigenvalue weighted by molar-refractivity contribution is 6.24. The lowest BCUT2D eigenvalue weighted by atomic mass is 9.44. The van der Waals surface area contributed by atoms with Crippen LogP contribution in [0.25, 0.3) is 0 Å². The molecule has 0 radical (unpaired) electrons. The van der Waals surface area contributed by atoms with Crippen molar-refractivity contribution in [3.63, 3.8) is 0 Å². The normalized spacial score (nSPS) is 50.7. The van der Waals surface area contributed by atoms with E-state index in [0.29, 0.717) is 5.41 Å². The topological polar surface area (TPSA) is 20.2 Å². The number of aliphatic hydroxyl groups excluding tert-OH is 1. The van der Waals surface area contributed by atoms with E-state index < -0.39 is 0 Å². The predicted molar refractivity (Wildman–Crippen MR) is 124 cm³/mol. The first-order valence-corrected chi connectivity index (χ1v) is 13.4. The van der Waals surface area contributed by atoms with Crippen LogP contribution in [-0.4, -0.2) is 16.1 Å². The standard InChI is InChI=1S/C27H47ClO/c1-18(2)7-6-8-19(3)22-9-10-23-21-12-16-27(28)17-20(29)11-15-26(27,5)24(21)13-14-25(22,23)4/h18-24,29H,6-17H2,1-5H3/t19-,20?,21+,22-,23+,24+,25-,26-,27?/m1/s1. The molecule has 0 aromatic carbocycles. The number of aliphatic hydroxyl groups is 1. The summed E-state index contributed by atoms with van der Waals surface area (Å²) in [7, 11) is 0. The fraction of sp³-hybridized carbons (Fsp3) is 1.00. The van der Waals surface area contributed by atoms with Crippen molar-refractivity contribution < 1.29 is 5.11 Å². The molecule has 1 nitrogen and oxygen atoms in total. The van der Waals surface area contributed by atoms with Gasteiger partial charge in [0.15, 0.2) is 0 Å². The lowest BCUT2D eigenvalue weighted by molar-refractivity contribution is -0.118. The van der Waals surface area contributed by atoms with Crippen LogP contribution in [0, 0.1) is 46.3 Å².